The summed E-state index contributed by atoms with van der Waals surface area (Å²) >= 11 is 0. The average molecular weight is 499 g/mol. The summed E-state index contributed by atoms with van der Waals surface area (Å²) in [5, 5.41) is 15.5. The third-order valence-corrected chi connectivity index (χ3v) is 8.94. The molecule has 7 heteroatoms. The molecule has 5 aliphatic rings. The number of benzene rings is 1. The molecule has 1 aromatic rings. The maximum atomic E-state index is 13.0. The van der Waals surface area contributed by atoms with E-state index in [2.05, 4.69) is 24.5 Å². The smallest absolute Gasteiger partial charge is 0.315 e. The van der Waals surface area contributed by atoms with Crippen molar-refractivity contribution >= 4 is 12.0 Å². The number of urea groups is 1. The van der Waals surface area contributed by atoms with Gasteiger partial charge in [0.2, 0.25) is 0 Å². The van der Waals surface area contributed by atoms with Crippen LogP contribution in [0.3, 0.4) is 0 Å². The zero-order chi connectivity index (χ0) is 25.4. The fourth-order valence-corrected chi connectivity index (χ4v) is 8.59. The van der Waals surface area contributed by atoms with Gasteiger partial charge < -0.3 is 25.2 Å². The number of amides is 2. The molecule has 0 aliphatic heterocycles. The maximum Gasteiger partial charge on any atom is 0.315 e. The minimum Gasteiger partial charge on any atom is -0.494 e. The number of nitrogens with one attached hydrogen (secondary N) is 2. The van der Waals surface area contributed by atoms with Crippen molar-refractivity contribution in [3.05, 3.63) is 24.3 Å². The van der Waals surface area contributed by atoms with Crippen LogP contribution in [0.25, 0.3) is 0 Å². The molecular formula is C29H42N2O5. The second-order valence-electron chi connectivity index (χ2n) is 12.9. The fraction of sp³-hybridized carbons (Fsp3) is 0.724. The Morgan fingerprint density at radius 2 is 1.58 bits per heavy atom. The van der Waals surface area contributed by atoms with Crippen LogP contribution in [-0.2, 0) is 4.79 Å². The number of hydrogen-bond donors (Lipinski definition) is 3. The van der Waals surface area contributed by atoms with Gasteiger partial charge in [0.1, 0.15) is 11.5 Å². The third-order valence-electron chi connectivity index (χ3n) is 8.94. The van der Waals surface area contributed by atoms with Gasteiger partial charge in [-0.05, 0) is 112 Å². The van der Waals surface area contributed by atoms with Gasteiger partial charge in [-0.25, -0.2) is 4.79 Å². The van der Waals surface area contributed by atoms with Gasteiger partial charge >= 0.3 is 12.0 Å². The van der Waals surface area contributed by atoms with E-state index in [9.17, 15) is 9.59 Å². The minimum atomic E-state index is -0.806. The first-order valence-corrected chi connectivity index (χ1v) is 13.8. The lowest BCUT2D eigenvalue weighted by molar-refractivity contribution is -0.137. The lowest BCUT2D eigenvalue weighted by Gasteiger charge is -2.65. The molecule has 1 aromatic carbocycles. The number of carboxylic acids is 1. The zero-order valence-electron chi connectivity index (χ0n) is 21.8. The molecule has 0 heterocycles. The van der Waals surface area contributed by atoms with E-state index in [4.69, 9.17) is 14.6 Å². The summed E-state index contributed by atoms with van der Waals surface area (Å²) in [5.41, 5.74) is 0.766. The number of carbonyl (C=O) groups is 2. The molecule has 7 nitrogen and oxygen atoms in total. The van der Waals surface area contributed by atoms with Crippen molar-refractivity contribution < 1.29 is 24.2 Å². The van der Waals surface area contributed by atoms with Gasteiger partial charge in [0.05, 0.1) is 12.7 Å². The normalized spacial score (nSPS) is 36.8. The Morgan fingerprint density at radius 1 is 0.944 bits per heavy atom. The summed E-state index contributed by atoms with van der Waals surface area (Å²) in [6.07, 6.45) is 11.8. The molecule has 198 valence electrons. The van der Waals surface area contributed by atoms with Gasteiger partial charge in [-0.1, -0.05) is 13.8 Å². The number of hydrogen-bond acceptors (Lipinski definition) is 4. The van der Waals surface area contributed by atoms with Gasteiger partial charge in [-0.15, -0.1) is 0 Å². The van der Waals surface area contributed by atoms with E-state index in [0.717, 1.165) is 56.6 Å². The molecule has 0 aromatic heterocycles. The largest absolute Gasteiger partial charge is 0.494 e. The van der Waals surface area contributed by atoms with E-state index in [1.165, 1.54) is 19.3 Å². The van der Waals surface area contributed by atoms with E-state index >= 15 is 0 Å². The SMILES string of the molecule is C[C@]12CC3CC(NC(=O)NC4CCC(Oc5ccc(OCCCC(=O)O)cc5)CC4)(C1)C[C@](C)(C3)C2. The van der Waals surface area contributed by atoms with Crippen molar-refractivity contribution in [2.75, 3.05) is 6.61 Å². The second kappa shape index (κ2) is 9.79. The molecule has 0 unspecified atom stereocenters. The number of ether oxygens (including phenoxy) is 2. The highest BCUT2D eigenvalue weighted by Crippen LogP contribution is 2.66. The summed E-state index contributed by atoms with van der Waals surface area (Å²) in [7, 11) is 0. The quantitative estimate of drug-likeness (QED) is 0.381. The van der Waals surface area contributed by atoms with Crippen LogP contribution < -0.4 is 20.1 Å². The third kappa shape index (κ3) is 5.92. The van der Waals surface area contributed by atoms with Crippen LogP contribution in [0.1, 0.15) is 90.9 Å². The Balaban J connectivity index is 1.04. The topological polar surface area (TPSA) is 96.9 Å². The van der Waals surface area contributed by atoms with Crippen LogP contribution in [0, 0.1) is 16.7 Å². The predicted octanol–water partition coefficient (Wildman–Crippen LogP) is 5.67. The lowest BCUT2D eigenvalue weighted by atomic mass is 9.43. The minimum absolute atomic E-state index is 0.0144. The van der Waals surface area contributed by atoms with Crippen molar-refractivity contribution in [1.29, 1.82) is 0 Å². The van der Waals surface area contributed by atoms with Gasteiger partial charge in [-0.2, -0.15) is 0 Å². The molecule has 6 rings (SSSR count). The molecular weight excluding hydrogens is 456 g/mol. The lowest BCUT2D eigenvalue weighted by Crippen LogP contribution is -2.66. The Morgan fingerprint density at radius 3 is 2.19 bits per heavy atom. The monoisotopic (exact) mass is 498 g/mol. The summed E-state index contributed by atoms with van der Waals surface area (Å²) in [5.74, 6) is 1.49. The highest BCUT2D eigenvalue weighted by atomic mass is 16.5. The second-order valence-corrected chi connectivity index (χ2v) is 12.9. The van der Waals surface area contributed by atoms with Gasteiger partial charge in [0, 0.05) is 18.0 Å². The molecule has 0 saturated heterocycles. The van der Waals surface area contributed by atoms with Crippen LogP contribution in [0.2, 0.25) is 0 Å². The van der Waals surface area contributed by atoms with Gasteiger partial charge in [0.15, 0.2) is 0 Å². The van der Waals surface area contributed by atoms with Crippen LogP contribution in [0.5, 0.6) is 11.5 Å². The van der Waals surface area contributed by atoms with E-state index in [-0.39, 0.29) is 30.1 Å². The molecule has 3 N–H and O–H groups in total. The van der Waals surface area contributed by atoms with Gasteiger partial charge in [-0.3, -0.25) is 4.79 Å². The van der Waals surface area contributed by atoms with Crippen molar-refractivity contribution in [3.8, 4) is 11.5 Å². The van der Waals surface area contributed by atoms with Crippen LogP contribution in [0.15, 0.2) is 24.3 Å². The predicted molar refractivity (Wildman–Crippen MR) is 137 cm³/mol. The maximum absolute atomic E-state index is 13.0. The number of carboxylic acid groups (broad SMARTS) is 1. The Kier molecular flexibility index (Phi) is 6.86. The molecule has 2 amide bonds. The van der Waals surface area contributed by atoms with E-state index in [1.54, 1.807) is 0 Å². The molecule has 4 bridgehead atoms. The van der Waals surface area contributed by atoms with Crippen LogP contribution in [-0.4, -0.2) is 41.4 Å². The van der Waals surface area contributed by atoms with Crippen molar-refractivity contribution in [3.63, 3.8) is 0 Å². The highest BCUT2D eigenvalue weighted by molar-refractivity contribution is 5.75. The molecule has 5 saturated carbocycles. The number of aliphatic carboxylic acids is 1. The first-order valence-electron chi connectivity index (χ1n) is 13.8. The molecule has 36 heavy (non-hydrogen) atoms. The van der Waals surface area contributed by atoms with Crippen molar-refractivity contribution in [2.45, 2.75) is 109 Å². The first kappa shape index (κ1) is 25.2. The van der Waals surface area contributed by atoms with Crippen LogP contribution >= 0.6 is 0 Å². The highest BCUT2D eigenvalue weighted by Gasteiger charge is 2.60. The summed E-state index contributed by atoms with van der Waals surface area (Å²) < 4.78 is 11.8. The Bertz CT molecular complexity index is 937. The van der Waals surface area contributed by atoms with Gasteiger partial charge in [0.25, 0.3) is 0 Å². The molecule has 0 spiro atoms. The summed E-state index contributed by atoms with van der Waals surface area (Å²) in [4.78, 5) is 23.6. The Labute approximate surface area is 214 Å². The van der Waals surface area contributed by atoms with E-state index in [0.29, 0.717) is 29.6 Å². The fourth-order valence-electron chi connectivity index (χ4n) is 8.59. The van der Waals surface area contributed by atoms with Crippen molar-refractivity contribution in [2.24, 2.45) is 16.7 Å². The first-order chi connectivity index (χ1) is 17.1. The summed E-state index contributed by atoms with van der Waals surface area (Å²) in [6.45, 7) is 5.26. The molecule has 5 aliphatic carbocycles. The molecule has 0 radical (unpaired) electrons. The average Bonchev–Trinajstić information content (AvgIpc) is 2.76. The summed E-state index contributed by atoms with van der Waals surface area (Å²) in [6, 6.07) is 7.74. The van der Waals surface area contributed by atoms with Crippen LogP contribution in [0.4, 0.5) is 4.79 Å². The Hall–Kier alpha value is -2.44. The van der Waals surface area contributed by atoms with Crippen molar-refractivity contribution in [1.82, 2.24) is 10.6 Å². The van der Waals surface area contributed by atoms with E-state index < -0.39 is 5.97 Å². The standard InChI is InChI=1S/C29H42N2O5/c1-27-14-20-15-28(2,17-27)19-29(16-20,18-27)31-26(34)30-21-5-7-23(8-6-21)36-24-11-9-22(10-12-24)35-13-3-4-25(32)33/h9-12,20-21,23H,3-8,13-19H2,1-2H3,(H,32,33)(H2,30,31,34)/t20?,21?,23?,27-,28-,29?/m1/s1. The number of carbonyl (C=O) groups excluding carboxylic acids is 1. The van der Waals surface area contributed by atoms with E-state index in [1.807, 2.05) is 24.3 Å². The number of rotatable bonds is 9. The molecule has 2 atom stereocenters. The zero-order valence-corrected chi connectivity index (χ0v) is 21.8. The molecule has 5 fully saturated rings.